The van der Waals surface area contributed by atoms with Gasteiger partial charge in [-0.05, 0) is 13.8 Å². The van der Waals surface area contributed by atoms with Crippen molar-refractivity contribution in [2.75, 3.05) is 26.4 Å². The van der Waals surface area contributed by atoms with E-state index in [1.54, 1.807) is 12.2 Å². The predicted molar refractivity (Wildman–Crippen MR) is 81.7 cm³/mol. The van der Waals surface area contributed by atoms with Gasteiger partial charge in [-0.15, -0.1) is 13.2 Å². The van der Waals surface area contributed by atoms with Crippen molar-refractivity contribution in [2.45, 2.75) is 13.8 Å². The first-order valence-corrected chi connectivity index (χ1v) is 8.39. The summed E-state index contributed by atoms with van der Waals surface area (Å²) in [5.41, 5.74) is 0. The average Bonchev–Trinajstić information content (AvgIpc) is 2.27. The molecule has 10 nitrogen and oxygen atoms in total. The van der Waals surface area contributed by atoms with Crippen molar-refractivity contribution in [3.63, 3.8) is 0 Å². The average molecular weight is 368 g/mol. The van der Waals surface area contributed by atoms with Crippen LogP contribution in [0.1, 0.15) is 13.8 Å². The largest absolute Gasteiger partial charge is 0.394 e. The Kier molecular flexibility index (Phi) is 26.7. The lowest BCUT2D eigenvalue weighted by Crippen LogP contribution is -1.89. The zero-order valence-electron chi connectivity index (χ0n) is 12.5. The molecule has 0 radical (unpaired) electrons. The Morgan fingerprint density at radius 1 is 0.773 bits per heavy atom. The summed E-state index contributed by atoms with van der Waals surface area (Å²) in [7, 11) is -9.33. The molecule has 0 aliphatic heterocycles. The lowest BCUT2D eigenvalue weighted by molar-refractivity contribution is 0.162. The normalized spacial score (nSPS) is 9.73. The van der Waals surface area contributed by atoms with Crippen LogP contribution in [0.2, 0.25) is 0 Å². The summed E-state index contributed by atoms with van der Waals surface area (Å²) in [5.74, 6) is 0. The summed E-state index contributed by atoms with van der Waals surface area (Å²) in [4.78, 5) is 0. The van der Waals surface area contributed by atoms with Crippen LogP contribution in [0, 0.1) is 0 Å². The Morgan fingerprint density at radius 2 is 1.00 bits per heavy atom. The van der Waals surface area contributed by atoms with Crippen molar-refractivity contribution in [1.29, 1.82) is 0 Å². The summed E-state index contributed by atoms with van der Waals surface area (Å²) in [6.07, 6.45) is 3.42. The van der Waals surface area contributed by atoms with Crippen LogP contribution >= 0.6 is 0 Å². The van der Waals surface area contributed by atoms with Crippen LogP contribution in [0.5, 0.6) is 0 Å². The molecule has 136 valence electrons. The lowest BCUT2D eigenvalue weighted by Gasteiger charge is -1.89. The molecule has 0 fully saturated rings. The summed E-state index contributed by atoms with van der Waals surface area (Å²) in [6.45, 7) is 13.8. The third-order valence-corrected chi connectivity index (χ3v) is 0.880. The van der Waals surface area contributed by atoms with Gasteiger partial charge in [-0.1, -0.05) is 12.2 Å². The molecule has 0 heterocycles. The SMILES string of the molecule is C=CCOCC=C.CCOCC.O=S(=O)(O)O.O=S(=O)(O)O. The Balaban J connectivity index is -0.0000000995. The summed E-state index contributed by atoms with van der Waals surface area (Å²) in [5, 5.41) is 0. The minimum atomic E-state index is -4.67. The highest BCUT2D eigenvalue weighted by Crippen LogP contribution is 1.72. The molecule has 0 saturated heterocycles. The predicted octanol–water partition coefficient (Wildman–Crippen LogP) is 1.11. The molecule has 0 atom stereocenters. The topological polar surface area (TPSA) is 168 Å². The molecule has 0 unspecified atom stereocenters. The van der Waals surface area contributed by atoms with E-state index in [1.165, 1.54) is 0 Å². The van der Waals surface area contributed by atoms with E-state index in [2.05, 4.69) is 13.2 Å². The first kappa shape index (κ1) is 29.2. The monoisotopic (exact) mass is 368 g/mol. The number of ether oxygens (including phenoxy) is 2. The molecule has 0 aliphatic rings. The fourth-order valence-corrected chi connectivity index (χ4v) is 0.439. The van der Waals surface area contributed by atoms with Crippen LogP contribution in [0.25, 0.3) is 0 Å². The van der Waals surface area contributed by atoms with Gasteiger partial charge >= 0.3 is 20.8 Å². The van der Waals surface area contributed by atoms with Crippen molar-refractivity contribution in [1.82, 2.24) is 0 Å². The molecule has 0 saturated carbocycles. The molecule has 4 N–H and O–H groups in total. The summed E-state index contributed by atoms with van der Waals surface area (Å²) in [6, 6.07) is 0. The highest BCUT2D eigenvalue weighted by molar-refractivity contribution is 7.80. The van der Waals surface area contributed by atoms with Gasteiger partial charge in [-0.3, -0.25) is 18.2 Å². The van der Waals surface area contributed by atoms with Gasteiger partial charge in [0.05, 0.1) is 13.2 Å². The number of rotatable bonds is 6. The van der Waals surface area contributed by atoms with Gasteiger partial charge < -0.3 is 9.47 Å². The molecule has 12 heteroatoms. The van der Waals surface area contributed by atoms with Crippen molar-refractivity contribution in [3.05, 3.63) is 25.3 Å². The Morgan fingerprint density at radius 3 is 1.09 bits per heavy atom. The van der Waals surface area contributed by atoms with E-state index in [0.29, 0.717) is 13.2 Å². The van der Waals surface area contributed by atoms with E-state index in [9.17, 15) is 0 Å². The van der Waals surface area contributed by atoms with Crippen LogP contribution in [0.4, 0.5) is 0 Å². The van der Waals surface area contributed by atoms with Crippen LogP contribution < -0.4 is 0 Å². The fourth-order valence-electron chi connectivity index (χ4n) is 0.439. The van der Waals surface area contributed by atoms with Crippen molar-refractivity contribution in [2.24, 2.45) is 0 Å². The maximum atomic E-state index is 8.74. The minimum absolute atomic E-state index is 0.617. The standard InChI is InChI=1S/C6H10O.C4H10O.2H2O4S/c1-3-5-7-6-4-2;1-3-5-4-2;2*1-5(2,3)4/h3-4H,1-2,5-6H2;3-4H2,1-2H3;2*(H2,1,2,3,4). The maximum absolute atomic E-state index is 8.74. The third kappa shape index (κ3) is 238. The lowest BCUT2D eigenvalue weighted by atomic mass is 10.6. The molecule has 0 spiro atoms. The van der Waals surface area contributed by atoms with E-state index >= 15 is 0 Å². The maximum Gasteiger partial charge on any atom is 0.394 e. The highest BCUT2D eigenvalue weighted by Gasteiger charge is 1.85. The van der Waals surface area contributed by atoms with Crippen molar-refractivity contribution in [3.8, 4) is 0 Å². The summed E-state index contributed by atoms with van der Waals surface area (Å²) < 4.78 is 72.9. The molecule has 0 rings (SSSR count). The Bertz CT molecular complexity index is 371. The quantitative estimate of drug-likeness (QED) is 0.303. The zero-order valence-corrected chi connectivity index (χ0v) is 14.1. The second kappa shape index (κ2) is 20.1. The van der Waals surface area contributed by atoms with Gasteiger partial charge in [0, 0.05) is 13.2 Å². The highest BCUT2D eigenvalue weighted by atomic mass is 32.3. The van der Waals surface area contributed by atoms with Crippen LogP contribution in [0.15, 0.2) is 25.3 Å². The first-order valence-electron chi connectivity index (χ1n) is 5.60. The Hall–Kier alpha value is -0.860. The molecule has 0 aromatic heterocycles. The van der Waals surface area contributed by atoms with Crippen molar-refractivity contribution >= 4 is 20.8 Å². The molecule has 0 aromatic rings. The molecular weight excluding hydrogens is 344 g/mol. The van der Waals surface area contributed by atoms with E-state index < -0.39 is 20.8 Å². The second-order valence-corrected chi connectivity index (χ2v) is 4.58. The fraction of sp³-hybridized carbons (Fsp3) is 0.600. The van der Waals surface area contributed by atoms with Gasteiger partial charge in [0.25, 0.3) is 0 Å². The molecular formula is C10H24O10S2. The molecule has 0 aromatic carbocycles. The third-order valence-electron chi connectivity index (χ3n) is 0.880. The molecule has 0 bridgehead atoms. The van der Waals surface area contributed by atoms with Gasteiger partial charge in [0.2, 0.25) is 0 Å². The summed E-state index contributed by atoms with van der Waals surface area (Å²) >= 11 is 0. The smallest absolute Gasteiger partial charge is 0.382 e. The van der Waals surface area contributed by atoms with Gasteiger partial charge in [0.15, 0.2) is 0 Å². The van der Waals surface area contributed by atoms with Gasteiger partial charge in [-0.25, -0.2) is 0 Å². The van der Waals surface area contributed by atoms with E-state index in [0.717, 1.165) is 13.2 Å². The van der Waals surface area contributed by atoms with Gasteiger partial charge in [0.1, 0.15) is 0 Å². The number of hydrogen-bond donors (Lipinski definition) is 4. The minimum Gasteiger partial charge on any atom is -0.382 e. The molecule has 22 heavy (non-hydrogen) atoms. The number of hydrogen-bond acceptors (Lipinski definition) is 6. The Labute approximate surface area is 131 Å². The van der Waals surface area contributed by atoms with E-state index in [4.69, 9.17) is 44.5 Å². The molecule has 0 aliphatic carbocycles. The second-order valence-electron chi connectivity index (χ2n) is 2.79. The first-order chi connectivity index (χ1) is 9.83. The zero-order chi connectivity index (χ0) is 18.7. The van der Waals surface area contributed by atoms with Crippen molar-refractivity contribution < 1.29 is 44.5 Å². The van der Waals surface area contributed by atoms with Crippen LogP contribution in [-0.4, -0.2) is 61.5 Å². The van der Waals surface area contributed by atoms with E-state index in [-0.39, 0.29) is 0 Å². The van der Waals surface area contributed by atoms with E-state index in [1.807, 2.05) is 13.8 Å². The molecule has 0 amide bonds. The van der Waals surface area contributed by atoms with Gasteiger partial charge in [-0.2, -0.15) is 16.8 Å². The van der Waals surface area contributed by atoms with Crippen LogP contribution in [0.3, 0.4) is 0 Å². The van der Waals surface area contributed by atoms with Crippen LogP contribution in [-0.2, 0) is 30.3 Å².